The van der Waals surface area contributed by atoms with Crippen LogP contribution in [-0.2, 0) is 25.1 Å². The molecule has 0 bridgehead atoms. The van der Waals surface area contributed by atoms with Gasteiger partial charge >= 0.3 is 12.1 Å². The van der Waals surface area contributed by atoms with Crippen LogP contribution in [0.4, 0.5) is 18.9 Å². The first-order valence-corrected chi connectivity index (χ1v) is 19.1. The van der Waals surface area contributed by atoms with Crippen molar-refractivity contribution in [2.45, 2.75) is 19.0 Å². The highest BCUT2D eigenvalue weighted by molar-refractivity contribution is 7.66. The number of benzene rings is 3. The van der Waals surface area contributed by atoms with E-state index in [0.717, 1.165) is 34.3 Å². The Balaban J connectivity index is 1.50. The number of nitrogens with zero attached hydrogens (tertiary/aromatic N) is 4. The number of alkyl halides is 3. The van der Waals surface area contributed by atoms with Crippen molar-refractivity contribution in [3.8, 4) is 0 Å². The molecule has 9 nitrogen and oxygen atoms in total. The molecule has 1 aliphatic carbocycles. The second-order valence-electron chi connectivity index (χ2n) is 12.7. The van der Waals surface area contributed by atoms with Gasteiger partial charge in [0.05, 0.1) is 62.2 Å². The van der Waals surface area contributed by atoms with Crippen LogP contribution >= 0.6 is 7.36 Å². The molecule has 7 rings (SSSR count). The monoisotopic (exact) mass is 722 g/mol. The molecule has 3 aromatic rings. The fraction of sp³-hybridized carbons (Fsp3) is 0.395. The van der Waals surface area contributed by atoms with Crippen LogP contribution in [0.1, 0.15) is 34.3 Å². The number of ether oxygens (including phenoxy) is 4. The van der Waals surface area contributed by atoms with Crippen LogP contribution in [0.5, 0.6) is 0 Å². The van der Waals surface area contributed by atoms with E-state index in [1.54, 1.807) is 12.1 Å². The Labute approximate surface area is 296 Å². The first-order chi connectivity index (χ1) is 24.8. The minimum absolute atomic E-state index is 0.447. The van der Waals surface area contributed by atoms with Crippen molar-refractivity contribution in [1.29, 1.82) is 0 Å². The maximum atomic E-state index is 13.7. The SMILES string of the molecule is O=C(OC(=C1CCC(P(=Nc2ccc(C(F)(F)F)cc2)(N2CCOCC2)N2CCOCC2)=C1N1CCOCC1)c1ccccc1)c1ccccc1. The molecule has 3 heterocycles. The minimum atomic E-state index is -4.46. The Morgan fingerprint density at radius 3 is 1.71 bits per heavy atom. The Morgan fingerprint density at radius 1 is 0.667 bits per heavy atom. The van der Waals surface area contributed by atoms with Gasteiger partial charge in [-0.1, -0.05) is 48.5 Å². The molecule has 0 amide bonds. The highest BCUT2D eigenvalue weighted by Gasteiger charge is 2.45. The van der Waals surface area contributed by atoms with Crippen molar-refractivity contribution in [3.05, 3.63) is 118 Å². The number of esters is 1. The molecule has 0 spiro atoms. The Kier molecular flexibility index (Phi) is 11.1. The number of hydrogen-bond donors (Lipinski definition) is 0. The number of carbonyl (C=O) groups is 1. The van der Waals surface area contributed by atoms with E-state index < -0.39 is 25.1 Å². The fourth-order valence-corrected chi connectivity index (χ4v) is 11.5. The molecule has 51 heavy (non-hydrogen) atoms. The number of morpholine rings is 3. The zero-order valence-corrected chi connectivity index (χ0v) is 29.3. The minimum Gasteiger partial charge on any atom is -0.422 e. The van der Waals surface area contributed by atoms with Gasteiger partial charge in [-0.2, -0.15) is 13.2 Å². The molecule has 0 saturated carbocycles. The molecule has 0 aromatic heterocycles. The van der Waals surface area contributed by atoms with Gasteiger partial charge in [0.2, 0.25) is 0 Å². The predicted octanol–water partition coefficient (Wildman–Crippen LogP) is 7.64. The van der Waals surface area contributed by atoms with E-state index in [-0.39, 0.29) is 0 Å². The molecule has 3 saturated heterocycles. The summed E-state index contributed by atoms with van der Waals surface area (Å²) in [6.07, 6.45) is -3.23. The number of carbonyl (C=O) groups excluding carboxylic acids is 1. The van der Waals surface area contributed by atoms with E-state index in [0.29, 0.717) is 109 Å². The normalized spacial score (nSPS) is 20.7. The van der Waals surface area contributed by atoms with Crippen LogP contribution in [0.3, 0.4) is 0 Å². The molecule has 0 unspecified atom stereocenters. The maximum absolute atomic E-state index is 13.7. The summed E-state index contributed by atoms with van der Waals surface area (Å²) < 4.78 is 75.4. The second kappa shape index (κ2) is 15.9. The summed E-state index contributed by atoms with van der Waals surface area (Å²) in [7, 11) is -2.88. The largest absolute Gasteiger partial charge is 0.422 e. The third-order valence-corrected chi connectivity index (χ3v) is 13.6. The summed E-state index contributed by atoms with van der Waals surface area (Å²) in [4.78, 5) is 16.1. The van der Waals surface area contributed by atoms with Crippen LogP contribution in [0, 0.1) is 0 Å². The number of rotatable bonds is 8. The van der Waals surface area contributed by atoms with E-state index in [9.17, 15) is 18.0 Å². The van der Waals surface area contributed by atoms with Crippen LogP contribution in [0.25, 0.3) is 5.76 Å². The van der Waals surface area contributed by atoms with E-state index in [4.69, 9.17) is 23.7 Å². The molecule has 0 N–H and O–H groups in total. The molecule has 0 radical (unpaired) electrons. The molecule has 3 fully saturated rings. The van der Waals surface area contributed by atoms with Crippen LogP contribution in [0.2, 0.25) is 0 Å². The predicted molar refractivity (Wildman–Crippen MR) is 189 cm³/mol. The van der Waals surface area contributed by atoms with Crippen molar-refractivity contribution < 1.29 is 36.9 Å². The van der Waals surface area contributed by atoms with Gasteiger partial charge in [0.15, 0.2) is 0 Å². The van der Waals surface area contributed by atoms with E-state index in [1.165, 1.54) is 12.1 Å². The lowest BCUT2D eigenvalue weighted by Gasteiger charge is -2.48. The van der Waals surface area contributed by atoms with Gasteiger partial charge in [0, 0.05) is 55.7 Å². The number of halogens is 3. The van der Waals surface area contributed by atoms with Gasteiger partial charge in [-0.15, -0.1) is 0 Å². The van der Waals surface area contributed by atoms with Gasteiger partial charge in [-0.3, -0.25) is 0 Å². The zero-order valence-electron chi connectivity index (χ0n) is 28.4. The topological polar surface area (TPSA) is 76.1 Å². The standard InChI is InChI=1S/C38H42F3N4O5P/c39-38(40,41)31-11-13-32(14-12-31)42-51(44-19-25-48-26-20-44,45-21-27-49-28-22-45)34-16-15-33(35(34)43-17-23-47-24-18-43)36(29-7-3-1-4-8-29)50-37(46)30-9-5-2-6-10-30/h1-14H,15-28H2. The molecule has 4 aliphatic rings. The maximum Gasteiger partial charge on any atom is 0.416 e. The second-order valence-corrected chi connectivity index (χ2v) is 15.7. The molecular formula is C38H42F3N4O5P. The first kappa shape index (κ1) is 35.6. The molecular weight excluding hydrogens is 680 g/mol. The highest BCUT2D eigenvalue weighted by Crippen LogP contribution is 2.69. The lowest BCUT2D eigenvalue weighted by molar-refractivity contribution is -0.137. The summed E-state index contributed by atoms with van der Waals surface area (Å²) in [5.41, 5.74) is 2.90. The molecule has 0 atom stereocenters. The van der Waals surface area contributed by atoms with E-state index in [2.05, 4.69) is 14.2 Å². The quantitative estimate of drug-likeness (QED) is 0.134. The summed E-state index contributed by atoms with van der Waals surface area (Å²) >= 11 is 0. The summed E-state index contributed by atoms with van der Waals surface area (Å²) in [6.45, 7) is 6.84. The average Bonchev–Trinajstić information content (AvgIpc) is 3.63. The third kappa shape index (κ3) is 7.72. The van der Waals surface area contributed by atoms with Gasteiger partial charge in [0.1, 0.15) is 13.1 Å². The Bertz CT molecular complexity index is 1760. The van der Waals surface area contributed by atoms with Crippen LogP contribution in [0.15, 0.2) is 106 Å². The summed E-state index contributed by atoms with van der Waals surface area (Å²) in [6, 6.07) is 23.8. The van der Waals surface area contributed by atoms with Gasteiger partial charge < -0.3 is 23.8 Å². The molecule has 270 valence electrons. The van der Waals surface area contributed by atoms with Crippen molar-refractivity contribution >= 4 is 24.8 Å². The summed E-state index contributed by atoms with van der Waals surface area (Å²) in [5.74, 6) is 0.0473. The Hall–Kier alpha value is -3.77. The van der Waals surface area contributed by atoms with Crippen LogP contribution in [-0.4, -0.2) is 99.1 Å². The van der Waals surface area contributed by atoms with E-state index in [1.807, 2.05) is 48.5 Å². The lowest BCUT2D eigenvalue weighted by Crippen LogP contribution is -2.44. The van der Waals surface area contributed by atoms with Crippen molar-refractivity contribution in [3.63, 3.8) is 0 Å². The van der Waals surface area contributed by atoms with Gasteiger partial charge in [-0.05, 0) is 49.2 Å². The average molecular weight is 723 g/mol. The lowest BCUT2D eigenvalue weighted by atomic mass is 10.0. The fourth-order valence-electron chi connectivity index (χ4n) is 7.19. The smallest absolute Gasteiger partial charge is 0.416 e. The van der Waals surface area contributed by atoms with Gasteiger partial charge in [-0.25, -0.2) is 18.9 Å². The van der Waals surface area contributed by atoms with Gasteiger partial charge in [0.25, 0.3) is 0 Å². The third-order valence-electron chi connectivity index (χ3n) is 9.59. The molecule has 13 heteroatoms. The van der Waals surface area contributed by atoms with Crippen molar-refractivity contribution in [1.82, 2.24) is 14.2 Å². The number of allylic oxidation sites excluding steroid dienone is 2. The van der Waals surface area contributed by atoms with Crippen molar-refractivity contribution in [2.24, 2.45) is 4.74 Å². The zero-order chi connectivity index (χ0) is 35.3. The first-order valence-electron chi connectivity index (χ1n) is 17.4. The Morgan fingerprint density at radius 2 is 1.18 bits per heavy atom. The van der Waals surface area contributed by atoms with E-state index >= 15 is 0 Å². The van der Waals surface area contributed by atoms with Crippen molar-refractivity contribution in [2.75, 3.05) is 78.9 Å². The highest BCUT2D eigenvalue weighted by atomic mass is 31.2. The van der Waals surface area contributed by atoms with Crippen LogP contribution < -0.4 is 0 Å². The molecule has 3 aliphatic heterocycles. The molecule has 3 aromatic carbocycles. The summed E-state index contributed by atoms with van der Waals surface area (Å²) in [5, 5.41) is 1.12. The number of hydrogen-bond acceptors (Lipinski definition) is 7.